The van der Waals surface area contributed by atoms with Crippen molar-refractivity contribution in [2.75, 3.05) is 33.4 Å². The molecule has 1 aliphatic heterocycles. The van der Waals surface area contributed by atoms with Gasteiger partial charge in [-0.15, -0.1) is 0 Å². The first-order chi connectivity index (χ1) is 10.1. The number of hydrogen-bond donors (Lipinski definition) is 1. The van der Waals surface area contributed by atoms with E-state index in [1.165, 1.54) is 11.1 Å². The largest absolute Gasteiger partial charge is 0.494 e. The van der Waals surface area contributed by atoms with Gasteiger partial charge >= 0.3 is 0 Å². The SMILES string of the molecule is CCOc1ccc(C(C)NC)cc1CN1CCOC(C)C1. The molecule has 0 aliphatic carbocycles. The molecule has 21 heavy (non-hydrogen) atoms. The smallest absolute Gasteiger partial charge is 0.123 e. The molecule has 2 rings (SSSR count). The summed E-state index contributed by atoms with van der Waals surface area (Å²) in [6.45, 7) is 10.8. The number of rotatable bonds is 6. The Hall–Kier alpha value is -1.10. The van der Waals surface area contributed by atoms with Crippen LogP contribution in [0.25, 0.3) is 0 Å². The number of nitrogens with one attached hydrogen (secondary N) is 1. The second-order valence-electron chi connectivity index (χ2n) is 5.73. The van der Waals surface area contributed by atoms with Gasteiger partial charge in [0.2, 0.25) is 0 Å². The van der Waals surface area contributed by atoms with Gasteiger partial charge in [0.25, 0.3) is 0 Å². The number of nitrogens with zero attached hydrogens (tertiary/aromatic N) is 1. The van der Waals surface area contributed by atoms with Crippen molar-refractivity contribution < 1.29 is 9.47 Å². The third-order valence-electron chi connectivity index (χ3n) is 4.04. The average molecular weight is 292 g/mol. The first-order valence-electron chi connectivity index (χ1n) is 7.90. The molecule has 0 radical (unpaired) electrons. The molecule has 4 heteroatoms. The van der Waals surface area contributed by atoms with Crippen LogP contribution in [0.3, 0.4) is 0 Å². The average Bonchev–Trinajstić information content (AvgIpc) is 2.48. The summed E-state index contributed by atoms with van der Waals surface area (Å²) in [7, 11) is 1.99. The Labute approximate surface area is 128 Å². The van der Waals surface area contributed by atoms with Crippen molar-refractivity contribution >= 4 is 0 Å². The van der Waals surface area contributed by atoms with Crippen LogP contribution < -0.4 is 10.1 Å². The number of ether oxygens (including phenoxy) is 2. The second-order valence-corrected chi connectivity index (χ2v) is 5.73. The molecule has 4 nitrogen and oxygen atoms in total. The van der Waals surface area contributed by atoms with E-state index in [4.69, 9.17) is 9.47 Å². The lowest BCUT2D eigenvalue weighted by molar-refractivity contribution is -0.0214. The maximum absolute atomic E-state index is 5.80. The summed E-state index contributed by atoms with van der Waals surface area (Å²) in [4.78, 5) is 2.44. The van der Waals surface area contributed by atoms with Crippen molar-refractivity contribution in [2.45, 2.75) is 39.5 Å². The molecule has 1 aromatic carbocycles. The van der Waals surface area contributed by atoms with Crippen LogP contribution in [0.5, 0.6) is 5.75 Å². The van der Waals surface area contributed by atoms with Crippen LogP contribution in [0.15, 0.2) is 18.2 Å². The van der Waals surface area contributed by atoms with E-state index in [-0.39, 0.29) is 0 Å². The normalized spacial score (nSPS) is 21.2. The molecule has 1 heterocycles. The van der Waals surface area contributed by atoms with E-state index < -0.39 is 0 Å². The van der Waals surface area contributed by atoms with Gasteiger partial charge in [-0.1, -0.05) is 6.07 Å². The molecular weight excluding hydrogens is 264 g/mol. The van der Waals surface area contributed by atoms with Crippen LogP contribution in [0, 0.1) is 0 Å². The molecule has 1 fully saturated rings. The summed E-state index contributed by atoms with van der Waals surface area (Å²) in [5, 5.41) is 3.30. The van der Waals surface area contributed by atoms with Crippen molar-refractivity contribution in [3.05, 3.63) is 29.3 Å². The van der Waals surface area contributed by atoms with Crippen molar-refractivity contribution in [1.29, 1.82) is 0 Å². The van der Waals surface area contributed by atoms with E-state index in [9.17, 15) is 0 Å². The first kappa shape index (κ1) is 16.3. The molecular formula is C17H28N2O2. The highest BCUT2D eigenvalue weighted by molar-refractivity contribution is 5.38. The van der Waals surface area contributed by atoms with Gasteiger partial charge in [-0.25, -0.2) is 0 Å². The Morgan fingerprint density at radius 2 is 2.29 bits per heavy atom. The number of benzene rings is 1. The molecule has 1 saturated heterocycles. The zero-order valence-corrected chi connectivity index (χ0v) is 13.7. The molecule has 1 aromatic rings. The Morgan fingerprint density at radius 1 is 1.48 bits per heavy atom. The molecule has 0 aromatic heterocycles. The van der Waals surface area contributed by atoms with Crippen molar-refractivity contribution in [1.82, 2.24) is 10.2 Å². The van der Waals surface area contributed by atoms with Gasteiger partial charge in [0, 0.05) is 31.2 Å². The highest BCUT2D eigenvalue weighted by Gasteiger charge is 2.18. The lowest BCUT2D eigenvalue weighted by atomic mass is 10.0. The van der Waals surface area contributed by atoms with E-state index in [1.54, 1.807) is 0 Å². The summed E-state index contributed by atoms with van der Waals surface area (Å²) >= 11 is 0. The molecule has 0 saturated carbocycles. The molecule has 1 N–H and O–H groups in total. The zero-order valence-electron chi connectivity index (χ0n) is 13.7. The number of morpholine rings is 1. The van der Waals surface area contributed by atoms with E-state index in [2.05, 4.69) is 42.3 Å². The molecule has 1 aliphatic rings. The van der Waals surface area contributed by atoms with Gasteiger partial charge in [-0.2, -0.15) is 0 Å². The van der Waals surface area contributed by atoms with E-state index in [0.29, 0.717) is 18.8 Å². The molecule has 0 amide bonds. The standard InChI is InChI=1S/C17H28N2O2/c1-5-20-17-7-6-15(14(3)18-4)10-16(17)12-19-8-9-21-13(2)11-19/h6-7,10,13-14,18H,5,8-9,11-12H2,1-4H3. The maximum atomic E-state index is 5.80. The molecule has 2 unspecified atom stereocenters. The quantitative estimate of drug-likeness (QED) is 0.874. The highest BCUT2D eigenvalue weighted by Crippen LogP contribution is 2.25. The van der Waals surface area contributed by atoms with Gasteiger partial charge in [0.1, 0.15) is 5.75 Å². The Balaban J connectivity index is 2.17. The van der Waals surface area contributed by atoms with Crippen LogP contribution >= 0.6 is 0 Å². The summed E-state index contributed by atoms with van der Waals surface area (Å²) in [6.07, 6.45) is 0.314. The van der Waals surface area contributed by atoms with Crippen LogP contribution in [0.1, 0.15) is 37.9 Å². The van der Waals surface area contributed by atoms with Crippen molar-refractivity contribution in [2.24, 2.45) is 0 Å². The summed E-state index contributed by atoms with van der Waals surface area (Å²) in [5.41, 5.74) is 2.57. The van der Waals surface area contributed by atoms with E-state index >= 15 is 0 Å². The van der Waals surface area contributed by atoms with Crippen LogP contribution in [0.4, 0.5) is 0 Å². The van der Waals surface area contributed by atoms with Crippen LogP contribution in [-0.2, 0) is 11.3 Å². The zero-order chi connectivity index (χ0) is 15.2. The molecule has 118 valence electrons. The van der Waals surface area contributed by atoms with Gasteiger partial charge in [-0.05, 0) is 45.5 Å². The fraction of sp³-hybridized carbons (Fsp3) is 0.647. The Kier molecular flexibility index (Phi) is 6.03. The van der Waals surface area contributed by atoms with Crippen molar-refractivity contribution in [3.8, 4) is 5.75 Å². The minimum atomic E-state index is 0.314. The third-order valence-corrected chi connectivity index (χ3v) is 4.04. The number of hydrogen-bond acceptors (Lipinski definition) is 4. The van der Waals surface area contributed by atoms with Crippen LogP contribution in [-0.4, -0.2) is 44.4 Å². The summed E-state index contributed by atoms with van der Waals surface area (Å²) in [5.74, 6) is 1.00. The molecule has 2 atom stereocenters. The lowest BCUT2D eigenvalue weighted by Gasteiger charge is -2.31. The summed E-state index contributed by atoms with van der Waals surface area (Å²) < 4.78 is 11.4. The van der Waals surface area contributed by atoms with E-state index in [0.717, 1.165) is 32.0 Å². The Bertz CT molecular complexity index is 450. The van der Waals surface area contributed by atoms with Crippen LogP contribution in [0.2, 0.25) is 0 Å². The minimum absolute atomic E-state index is 0.314. The van der Waals surface area contributed by atoms with Gasteiger partial charge in [0.15, 0.2) is 0 Å². The molecule has 0 spiro atoms. The fourth-order valence-electron chi connectivity index (χ4n) is 2.73. The van der Waals surface area contributed by atoms with Gasteiger partial charge in [-0.3, -0.25) is 4.90 Å². The van der Waals surface area contributed by atoms with E-state index in [1.807, 2.05) is 14.0 Å². The first-order valence-corrected chi connectivity index (χ1v) is 7.90. The van der Waals surface area contributed by atoms with Crippen molar-refractivity contribution in [3.63, 3.8) is 0 Å². The Morgan fingerprint density at radius 3 is 2.95 bits per heavy atom. The monoisotopic (exact) mass is 292 g/mol. The predicted octanol–water partition coefficient (Wildman–Crippen LogP) is 2.59. The second kappa shape index (κ2) is 7.78. The maximum Gasteiger partial charge on any atom is 0.123 e. The lowest BCUT2D eigenvalue weighted by Crippen LogP contribution is -2.40. The topological polar surface area (TPSA) is 33.7 Å². The third kappa shape index (κ3) is 4.43. The summed E-state index contributed by atoms with van der Waals surface area (Å²) in [6, 6.07) is 6.87. The van der Waals surface area contributed by atoms with Gasteiger partial charge < -0.3 is 14.8 Å². The fourth-order valence-corrected chi connectivity index (χ4v) is 2.73. The predicted molar refractivity (Wildman–Crippen MR) is 85.8 cm³/mol. The minimum Gasteiger partial charge on any atom is -0.494 e. The van der Waals surface area contributed by atoms with Gasteiger partial charge in [0.05, 0.1) is 19.3 Å². The molecule has 0 bridgehead atoms. The highest BCUT2D eigenvalue weighted by atomic mass is 16.5.